The van der Waals surface area contributed by atoms with E-state index in [1.165, 1.54) is 38.8 Å². The predicted molar refractivity (Wildman–Crippen MR) is 72.6 cm³/mol. The molecule has 0 aromatic heterocycles. The molecule has 0 amide bonds. The molecule has 0 aliphatic carbocycles. The van der Waals surface area contributed by atoms with E-state index in [0.717, 1.165) is 32.3 Å². The lowest BCUT2D eigenvalue weighted by Gasteiger charge is -2.53. The average molecular weight is 253 g/mol. The Morgan fingerprint density at radius 1 is 1.33 bits per heavy atom. The average Bonchev–Trinajstić information content (AvgIpc) is 2.86. The van der Waals surface area contributed by atoms with Gasteiger partial charge in [0, 0.05) is 37.3 Å². The third-order valence-electron chi connectivity index (χ3n) is 5.34. The van der Waals surface area contributed by atoms with Crippen LogP contribution in [-0.4, -0.2) is 66.8 Å². The van der Waals surface area contributed by atoms with Gasteiger partial charge in [0.2, 0.25) is 0 Å². The van der Waals surface area contributed by atoms with Crippen molar-refractivity contribution in [3.05, 3.63) is 0 Å². The minimum Gasteiger partial charge on any atom is -0.379 e. The Morgan fingerprint density at radius 2 is 2.22 bits per heavy atom. The van der Waals surface area contributed by atoms with Crippen LogP contribution in [0.4, 0.5) is 0 Å². The molecule has 3 fully saturated rings. The summed E-state index contributed by atoms with van der Waals surface area (Å²) in [6.07, 6.45) is 5.27. The number of piperidine rings is 1. The molecule has 2 N–H and O–H groups in total. The third kappa shape index (κ3) is 2.09. The van der Waals surface area contributed by atoms with Crippen molar-refractivity contribution in [1.82, 2.24) is 9.80 Å². The lowest BCUT2D eigenvalue weighted by Crippen LogP contribution is -2.65. The van der Waals surface area contributed by atoms with E-state index in [-0.39, 0.29) is 5.54 Å². The van der Waals surface area contributed by atoms with Crippen LogP contribution in [0, 0.1) is 0 Å². The molecule has 3 heterocycles. The van der Waals surface area contributed by atoms with E-state index >= 15 is 0 Å². The molecule has 3 atom stereocenters. The van der Waals surface area contributed by atoms with Gasteiger partial charge in [-0.2, -0.15) is 0 Å². The van der Waals surface area contributed by atoms with Crippen LogP contribution in [-0.2, 0) is 4.74 Å². The van der Waals surface area contributed by atoms with Crippen molar-refractivity contribution in [2.75, 3.05) is 39.4 Å². The van der Waals surface area contributed by atoms with Crippen molar-refractivity contribution in [2.24, 2.45) is 5.73 Å². The highest BCUT2D eigenvalue weighted by Crippen LogP contribution is 2.37. The summed E-state index contributed by atoms with van der Waals surface area (Å²) in [7, 11) is 0. The number of ether oxygens (including phenoxy) is 1. The molecule has 3 saturated heterocycles. The van der Waals surface area contributed by atoms with Crippen molar-refractivity contribution >= 4 is 0 Å². The second-order valence-corrected chi connectivity index (χ2v) is 6.33. The molecule has 4 nitrogen and oxygen atoms in total. The molecular formula is C14H27N3O. The van der Waals surface area contributed by atoms with Gasteiger partial charge in [-0.25, -0.2) is 0 Å². The Bertz CT molecular complexity index is 299. The summed E-state index contributed by atoms with van der Waals surface area (Å²) in [5.74, 6) is 0. The number of hydrogen-bond donors (Lipinski definition) is 1. The van der Waals surface area contributed by atoms with Gasteiger partial charge in [0.05, 0.1) is 13.2 Å². The van der Waals surface area contributed by atoms with Crippen LogP contribution in [0.15, 0.2) is 0 Å². The van der Waals surface area contributed by atoms with E-state index in [4.69, 9.17) is 10.5 Å². The zero-order chi connectivity index (χ0) is 12.6. The van der Waals surface area contributed by atoms with Crippen molar-refractivity contribution in [3.63, 3.8) is 0 Å². The Morgan fingerprint density at radius 3 is 3.00 bits per heavy atom. The van der Waals surface area contributed by atoms with Gasteiger partial charge in [-0.05, 0) is 39.2 Å². The molecule has 0 aromatic carbocycles. The van der Waals surface area contributed by atoms with Gasteiger partial charge in [0.1, 0.15) is 0 Å². The van der Waals surface area contributed by atoms with E-state index in [9.17, 15) is 0 Å². The molecule has 4 heteroatoms. The maximum absolute atomic E-state index is 6.21. The van der Waals surface area contributed by atoms with Crippen LogP contribution < -0.4 is 5.73 Å². The van der Waals surface area contributed by atoms with Crippen molar-refractivity contribution in [3.8, 4) is 0 Å². The summed E-state index contributed by atoms with van der Waals surface area (Å²) in [5, 5.41) is 0. The SMILES string of the molecule is CC1COCCN1C1(CN)CCN2CCCC2C1. The van der Waals surface area contributed by atoms with Crippen LogP contribution in [0.3, 0.4) is 0 Å². The number of hydrogen-bond acceptors (Lipinski definition) is 4. The smallest absolute Gasteiger partial charge is 0.0620 e. The maximum Gasteiger partial charge on any atom is 0.0620 e. The van der Waals surface area contributed by atoms with Gasteiger partial charge in [-0.1, -0.05) is 0 Å². The van der Waals surface area contributed by atoms with E-state index < -0.39 is 0 Å². The minimum absolute atomic E-state index is 0.245. The zero-order valence-electron chi connectivity index (χ0n) is 11.6. The van der Waals surface area contributed by atoms with Gasteiger partial charge in [0.15, 0.2) is 0 Å². The fourth-order valence-electron chi connectivity index (χ4n) is 4.31. The molecule has 3 rings (SSSR count). The van der Waals surface area contributed by atoms with E-state index in [0.29, 0.717) is 6.04 Å². The highest BCUT2D eigenvalue weighted by Gasteiger charge is 2.46. The van der Waals surface area contributed by atoms with Crippen LogP contribution in [0.2, 0.25) is 0 Å². The standard InChI is InChI=1S/C14H27N3O/c1-12-10-18-8-7-17(12)14(11-15)4-6-16-5-2-3-13(16)9-14/h12-13H,2-11,15H2,1H3. The largest absolute Gasteiger partial charge is 0.379 e. The molecule has 3 aliphatic rings. The number of nitrogens with two attached hydrogens (primary N) is 1. The first kappa shape index (κ1) is 12.9. The van der Waals surface area contributed by atoms with E-state index in [2.05, 4.69) is 16.7 Å². The van der Waals surface area contributed by atoms with E-state index in [1.807, 2.05) is 0 Å². The zero-order valence-corrected chi connectivity index (χ0v) is 11.6. The van der Waals surface area contributed by atoms with Crippen molar-refractivity contribution < 1.29 is 4.74 Å². The molecule has 104 valence electrons. The first-order valence-electron chi connectivity index (χ1n) is 7.54. The van der Waals surface area contributed by atoms with Crippen LogP contribution in [0.1, 0.15) is 32.6 Å². The Balaban J connectivity index is 1.76. The first-order valence-corrected chi connectivity index (χ1v) is 7.54. The topological polar surface area (TPSA) is 41.7 Å². The molecule has 0 radical (unpaired) electrons. The number of rotatable bonds is 2. The molecular weight excluding hydrogens is 226 g/mol. The summed E-state index contributed by atoms with van der Waals surface area (Å²) < 4.78 is 5.59. The molecule has 18 heavy (non-hydrogen) atoms. The van der Waals surface area contributed by atoms with Gasteiger partial charge < -0.3 is 15.4 Å². The lowest BCUT2D eigenvalue weighted by atomic mass is 9.80. The molecule has 0 saturated carbocycles. The number of nitrogens with zero attached hydrogens (tertiary/aromatic N) is 2. The predicted octanol–water partition coefficient (Wildman–Crippen LogP) is 0.663. The summed E-state index contributed by atoms with van der Waals surface area (Å²) in [5.41, 5.74) is 6.46. The van der Waals surface area contributed by atoms with E-state index in [1.54, 1.807) is 0 Å². The molecule has 3 unspecified atom stereocenters. The monoisotopic (exact) mass is 253 g/mol. The van der Waals surface area contributed by atoms with Gasteiger partial charge in [-0.3, -0.25) is 4.90 Å². The Hall–Kier alpha value is -0.160. The highest BCUT2D eigenvalue weighted by atomic mass is 16.5. The van der Waals surface area contributed by atoms with Crippen LogP contribution in [0.5, 0.6) is 0 Å². The lowest BCUT2D eigenvalue weighted by molar-refractivity contribution is -0.0819. The number of fused-ring (bicyclic) bond motifs is 1. The second kappa shape index (κ2) is 5.08. The fourth-order valence-corrected chi connectivity index (χ4v) is 4.31. The molecule has 0 bridgehead atoms. The Labute approximate surface area is 110 Å². The summed E-state index contributed by atoms with van der Waals surface area (Å²) in [6.45, 7) is 8.46. The van der Waals surface area contributed by atoms with Gasteiger partial charge in [0.25, 0.3) is 0 Å². The molecule has 3 aliphatic heterocycles. The van der Waals surface area contributed by atoms with Crippen LogP contribution in [0.25, 0.3) is 0 Å². The van der Waals surface area contributed by atoms with Crippen molar-refractivity contribution in [2.45, 2.75) is 50.2 Å². The van der Waals surface area contributed by atoms with Crippen LogP contribution >= 0.6 is 0 Å². The van der Waals surface area contributed by atoms with Gasteiger partial charge >= 0.3 is 0 Å². The maximum atomic E-state index is 6.21. The summed E-state index contributed by atoms with van der Waals surface area (Å²) in [6, 6.07) is 1.31. The van der Waals surface area contributed by atoms with Crippen molar-refractivity contribution in [1.29, 1.82) is 0 Å². The quantitative estimate of drug-likeness (QED) is 0.785. The highest BCUT2D eigenvalue weighted by molar-refractivity contribution is 5.03. The third-order valence-corrected chi connectivity index (χ3v) is 5.34. The first-order chi connectivity index (χ1) is 8.75. The number of morpholine rings is 1. The van der Waals surface area contributed by atoms with Gasteiger partial charge in [-0.15, -0.1) is 0 Å². The summed E-state index contributed by atoms with van der Waals surface area (Å²) >= 11 is 0. The Kier molecular flexibility index (Phi) is 3.63. The minimum atomic E-state index is 0.245. The molecule has 0 spiro atoms. The molecule has 0 aromatic rings. The fraction of sp³-hybridized carbons (Fsp3) is 1.00. The summed E-state index contributed by atoms with van der Waals surface area (Å²) in [4.78, 5) is 5.34. The second-order valence-electron chi connectivity index (χ2n) is 6.33. The normalized spacial score (nSPS) is 43.0.